The number of hydrogen-bond donors (Lipinski definition) is 0. The highest BCUT2D eigenvalue weighted by Gasteiger charge is 2.39. The van der Waals surface area contributed by atoms with E-state index in [1.807, 2.05) is 0 Å². The second-order valence-electron chi connectivity index (χ2n) is 10.4. The highest BCUT2D eigenvalue weighted by atomic mass is 15.4. The maximum absolute atomic E-state index is 2.60. The van der Waals surface area contributed by atoms with E-state index < -0.39 is 0 Å². The van der Waals surface area contributed by atoms with Crippen LogP contribution >= 0.6 is 0 Å². The zero-order chi connectivity index (χ0) is 20.3. The van der Waals surface area contributed by atoms with Crippen molar-refractivity contribution < 1.29 is 8.97 Å². The summed E-state index contributed by atoms with van der Waals surface area (Å²) in [5.74, 6) is 1.07. The van der Waals surface area contributed by atoms with E-state index in [1.165, 1.54) is 111 Å². The van der Waals surface area contributed by atoms with Crippen LogP contribution in [0.4, 0.5) is 0 Å². The van der Waals surface area contributed by atoms with Gasteiger partial charge in [-0.15, -0.1) is 0 Å². The Morgan fingerprint density at radius 2 is 0.967 bits per heavy atom. The van der Waals surface area contributed by atoms with Crippen molar-refractivity contribution in [1.29, 1.82) is 0 Å². The highest BCUT2D eigenvalue weighted by molar-refractivity contribution is 5.14. The number of rotatable bonds is 4. The first kappa shape index (κ1) is 20.2. The SMILES string of the molecule is c1ccc(C[N+]23CCC(CC2)CC3)cc1.c1ccc(C[N+]23CCN(CC2)CC3)cc1. The molecule has 0 atom stereocenters. The van der Waals surface area contributed by atoms with E-state index in [0.717, 1.165) is 5.92 Å². The molecule has 8 rings (SSSR count). The van der Waals surface area contributed by atoms with Gasteiger partial charge in [-0.1, -0.05) is 60.7 Å². The second kappa shape index (κ2) is 8.82. The van der Waals surface area contributed by atoms with Gasteiger partial charge in [-0.3, -0.25) is 4.90 Å². The van der Waals surface area contributed by atoms with E-state index in [4.69, 9.17) is 0 Å². The van der Waals surface area contributed by atoms with Gasteiger partial charge in [0.05, 0.1) is 39.3 Å². The standard InChI is InChI=1S/C14H20N.C13H19N2/c1-2-4-14(5-3-1)12-15-9-6-13(7-10-15)8-11-15;1-2-4-13(5-3-1)12-15-9-6-14(7-10-15)8-11-15/h1-5,13H,6-12H2;1-5H,6-12H2/q2*+1. The van der Waals surface area contributed by atoms with Crippen molar-refractivity contribution in [1.82, 2.24) is 4.90 Å². The van der Waals surface area contributed by atoms with Crippen LogP contribution in [0.25, 0.3) is 0 Å². The van der Waals surface area contributed by atoms with Crippen molar-refractivity contribution in [2.75, 3.05) is 58.9 Å². The number of fused-ring (bicyclic) bond motifs is 6. The van der Waals surface area contributed by atoms with Crippen LogP contribution in [-0.4, -0.2) is 72.8 Å². The van der Waals surface area contributed by atoms with Crippen LogP contribution in [0.2, 0.25) is 0 Å². The third kappa shape index (κ3) is 4.64. The molecule has 0 spiro atoms. The molecular formula is C27H39N3+2. The van der Waals surface area contributed by atoms with Gasteiger partial charge in [0.15, 0.2) is 0 Å². The molecule has 0 N–H and O–H groups in total. The minimum Gasteiger partial charge on any atom is -0.320 e. The fraction of sp³-hybridized carbons (Fsp3) is 0.556. The monoisotopic (exact) mass is 405 g/mol. The first-order valence-corrected chi connectivity index (χ1v) is 12.2. The summed E-state index contributed by atoms with van der Waals surface area (Å²) in [5.41, 5.74) is 3.03. The number of nitrogens with zero attached hydrogens (tertiary/aromatic N) is 3. The zero-order valence-electron chi connectivity index (χ0n) is 18.6. The molecule has 6 aliphatic heterocycles. The van der Waals surface area contributed by atoms with Crippen LogP contribution in [0.5, 0.6) is 0 Å². The lowest BCUT2D eigenvalue weighted by Crippen LogP contribution is -2.66. The lowest BCUT2D eigenvalue weighted by molar-refractivity contribution is -0.955. The normalized spacial score (nSPS) is 34.3. The molecule has 0 saturated carbocycles. The molecule has 0 aromatic heterocycles. The lowest BCUT2D eigenvalue weighted by atomic mass is 9.85. The molecule has 0 unspecified atom stereocenters. The van der Waals surface area contributed by atoms with Crippen LogP contribution in [0.1, 0.15) is 30.4 Å². The highest BCUT2D eigenvalue weighted by Crippen LogP contribution is 2.35. The molecular weight excluding hydrogens is 366 g/mol. The van der Waals surface area contributed by atoms with Crippen molar-refractivity contribution >= 4 is 0 Å². The first-order chi connectivity index (χ1) is 14.7. The summed E-state index contributed by atoms with van der Waals surface area (Å²) in [7, 11) is 0. The minimum absolute atomic E-state index is 1.07. The van der Waals surface area contributed by atoms with Crippen LogP contribution in [-0.2, 0) is 13.1 Å². The van der Waals surface area contributed by atoms with Gasteiger partial charge in [-0.25, -0.2) is 0 Å². The Kier molecular flexibility index (Phi) is 5.95. The van der Waals surface area contributed by atoms with Gasteiger partial charge in [0.2, 0.25) is 0 Å². The van der Waals surface area contributed by atoms with E-state index in [1.54, 1.807) is 0 Å². The predicted octanol–water partition coefficient (Wildman–Crippen LogP) is 4.15. The fourth-order valence-corrected chi connectivity index (χ4v) is 6.28. The van der Waals surface area contributed by atoms with Gasteiger partial charge in [-0.2, -0.15) is 0 Å². The number of piperazine rings is 3. The molecule has 3 heteroatoms. The third-order valence-electron chi connectivity index (χ3n) is 8.43. The van der Waals surface area contributed by atoms with Crippen molar-refractivity contribution in [2.45, 2.75) is 32.4 Å². The quantitative estimate of drug-likeness (QED) is 0.691. The van der Waals surface area contributed by atoms with E-state index >= 15 is 0 Å². The Balaban J connectivity index is 0.000000128. The third-order valence-corrected chi connectivity index (χ3v) is 8.43. The molecule has 0 aliphatic carbocycles. The molecule has 0 amide bonds. The van der Waals surface area contributed by atoms with Crippen molar-refractivity contribution in [2.24, 2.45) is 5.92 Å². The molecule has 2 aromatic rings. The number of quaternary nitrogens is 2. The average Bonchev–Trinajstić information content (AvgIpc) is 2.83. The Bertz CT molecular complexity index is 690. The summed E-state index contributed by atoms with van der Waals surface area (Å²) in [4.78, 5) is 2.60. The van der Waals surface area contributed by atoms with E-state index in [2.05, 4.69) is 65.6 Å². The Hall–Kier alpha value is -1.68. The maximum atomic E-state index is 2.60. The summed E-state index contributed by atoms with van der Waals surface area (Å²) in [6.07, 6.45) is 4.44. The Labute approximate surface area is 183 Å². The van der Waals surface area contributed by atoms with Gasteiger partial charge < -0.3 is 8.97 Å². The van der Waals surface area contributed by atoms with E-state index in [0.29, 0.717) is 0 Å². The van der Waals surface area contributed by atoms with Crippen molar-refractivity contribution in [3.8, 4) is 0 Å². The van der Waals surface area contributed by atoms with Gasteiger partial charge >= 0.3 is 0 Å². The predicted molar refractivity (Wildman–Crippen MR) is 124 cm³/mol. The molecule has 0 radical (unpaired) electrons. The summed E-state index contributed by atoms with van der Waals surface area (Å²) in [6, 6.07) is 22.0. The van der Waals surface area contributed by atoms with Crippen molar-refractivity contribution in [3.63, 3.8) is 0 Å². The minimum atomic E-state index is 1.07. The van der Waals surface area contributed by atoms with Crippen molar-refractivity contribution in [3.05, 3.63) is 71.8 Å². The molecule has 4 bridgehead atoms. The topological polar surface area (TPSA) is 3.24 Å². The summed E-state index contributed by atoms with van der Waals surface area (Å²) < 4.78 is 2.71. The molecule has 30 heavy (non-hydrogen) atoms. The summed E-state index contributed by atoms with van der Waals surface area (Å²) in [6.45, 7) is 14.8. The zero-order valence-corrected chi connectivity index (χ0v) is 18.6. The first-order valence-electron chi connectivity index (χ1n) is 12.2. The number of benzene rings is 2. The Morgan fingerprint density at radius 3 is 1.40 bits per heavy atom. The molecule has 6 heterocycles. The van der Waals surface area contributed by atoms with Gasteiger partial charge in [-0.05, 0) is 25.2 Å². The van der Waals surface area contributed by atoms with Gasteiger partial charge in [0.25, 0.3) is 0 Å². The summed E-state index contributed by atoms with van der Waals surface area (Å²) in [5, 5.41) is 0. The summed E-state index contributed by atoms with van der Waals surface area (Å²) >= 11 is 0. The average molecular weight is 406 g/mol. The number of piperidine rings is 3. The smallest absolute Gasteiger partial charge is 0.104 e. The molecule has 6 fully saturated rings. The number of hydrogen-bond acceptors (Lipinski definition) is 1. The molecule has 2 aromatic carbocycles. The van der Waals surface area contributed by atoms with Gasteiger partial charge in [0, 0.05) is 30.8 Å². The lowest BCUT2D eigenvalue weighted by Gasteiger charge is -2.50. The van der Waals surface area contributed by atoms with Crippen LogP contribution < -0.4 is 0 Å². The van der Waals surface area contributed by atoms with Crippen LogP contribution in [0.15, 0.2) is 60.7 Å². The molecule has 160 valence electrons. The van der Waals surface area contributed by atoms with Gasteiger partial charge in [0.1, 0.15) is 13.1 Å². The Morgan fingerprint density at radius 1 is 0.567 bits per heavy atom. The second-order valence-corrected chi connectivity index (χ2v) is 10.4. The fourth-order valence-electron chi connectivity index (χ4n) is 6.28. The van der Waals surface area contributed by atoms with E-state index in [9.17, 15) is 0 Å². The maximum Gasteiger partial charge on any atom is 0.104 e. The molecule has 3 nitrogen and oxygen atoms in total. The van der Waals surface area contributed by atoms with Crippen LogP contribution in [0.3, 0.4) is 0 Å². The van der Waals surface area contributed by atoms with E-state index in [-0.39, 0.29) is 0 Å². The largest absolute Gasteiger partial charge is 0.320 e. The van der Waals surface area contributed by atoms with Crippen LogP contribution in [0, 0.1) is 5.92 Å². The molecule has 6 saturated heterocycles. The molecule has 6 aliphatic rings.